The number of ketones is 1. The molecule has 1 aromatic heterocycles. The van der Waals surface area contributed by atoms with Gasteiger partial charge in [0.2, 0.25) is 0 Å². The third-order valence-electron chi connectivity index (χ3n) is 4.23. The van der Waals surface area contributed by atoms with Gasteiger partial charge in [0.05, 0.1) is 16.7 Å². The van der Waals surface area contributed by atoms with E-state index in [-0.39, 0.29) is 11.5 Å². The number of benzene rings is 1. The van der Waals surface area contributed by atoms with E-state index in [9.17, 15) is 9.59 Å². The van der Waals surface area contributed by atoms with Crippen LogP contribution in [0.4, 0.5) is 5.69 Å². The molecule has 1 N–H and O–H groups in total. The Bertz CT molecular complexity index is 813. The number of fused-ring (bicyclic) bond motifs is 1. The zero-order valence-corrected chi connectivity index (χ0v) is 12.9. The lowest BCUT2D eigenvalue weighted by Gasteiger charge is -2.05. The number of rotatable bonds is 2. The molecular formula is C16H20N4O2. The van der Waals surface area contributed by atoms with Crippen molar-refractivity contribution in [1.29, 1.82) is 0 Å². The lowest BCUT2D eigenvalue weighted by Crippen LogP contribution is -2.19. The molecule has 0 atom stereocenters. The standard InChI is InChI=1S/C16H20N4O2/c1-19-13-9-8-11(10-14(13)20(2)16(19)22)17-18-12-6-4-3-5-7-15(12)21/h8-10,17H,3-7H2,1-2H3/b18-12-. The highest BCUT2D eigenvalue weighted by atomic mass is 16.1. The van der Waals surface area contributed by atoms with Gasteiger partial charge in [-0.15, -0.1) is 0 Å². The average Bonchev–Trinajstić information content (AvgIpc) is 2.69. The Kier molecular flexibility index (Phi) is 3.83. The van der Waals surface area contributed by atoms with Crippen molar-refractivity contribution in [3.63, 3.8) is 0 Å². The van der Waals surface area contributed by atoms with E-state index in [0.717, 1.165) is 42.4 Å². The number of aromatic nitrogens is 2. The highest BCUT2D eigenvalue weighted by Crippen LogP contribution is 2.18. The fourth-order valence-electron chi connectivity index (χ4n) is 2.87. The number of hydrogen-bond acceptors (Lipinski definition) is 4. The number of Topliss-reactive ketones (excluding diaryl/α,β-unsaturated/α-hetero) is 1. The molecule has 1 aliphatic rings. The van der Waals surface area contributed by atoms with Crippen molar-refractivity contribution in [2.24, 2.45) is 19.2 Å². The van der Waals surface area contributed by atoms with E-state index in [1.807, 2.05) is 18.2 Å². The lowest BCUT2D eigenvalue weighted by molar-refractivity contribution is -0.113. The third-order valence-corrected chi connectivity index (χ3v) is 4.23. The second-order valence-corrected chi connectivity index (χ2v) is 5.76. The predicted molar refractivity (Wildman–Crippen MR) is 87.3 cm³/mol. The zero-order valence-electron chi connectivity index (χ0n) is 12.9. The van der Waals surface area contributed by atoms with Gasteiger partial charge >= 0.3 is 5.69 Å². The van der Waals surface area contributed by atoms with E-state index >= 15 is 0 Å². The highest BCUT2D eigenvalue weighted by molar-refractivity contribution is 6.40. The number of carbonyl (C=O) groups is 1. The smallest absolute Gasteiger partial charge is 0.295 e. The molecule has 1 fully saturated rings. The van der Waals surface area contributed by atoms with Gasteiger partial charge in [0.15, 0.2) is 5.78 Å². The second-order valence-electron chi connectivity index (χ2n) is 5.76. The molecule has 2 aromatic rings. The number of nitrogens with one attached hydrogen (secondary N) is 1. The molecule has 0 unspecified atom stereocenters. The summed E-state index contributed by atoms with van der Waals surface area (Å²) in [6, 6.07) is 5.63. The van der Waals surface area contributed by atoms with Gasteiger partial charge in [-0.1, -0.05) is 6.42 Å². The van der Waals surface area contributed by atoms with Gasteiger partial charge < -0.3 is 0 Å². The van der Waals surface area contributed by atoms with Crippen LogP contribution >= 0.6 is 0 Å². The van der Waals surface area contributed by atoms with Crippen LogP contribution < -0.4 is 11.1 Å². The third kappa shape index (κ3) is 2.56. The minimum absolute atomic E-state index is 0.0580. The summed E-state index contributed by atoms with van der Waals surface area (Å²) in [5.74, 6) is 0.137. The number of anilines is 1. The van der Waals surface area contributed by atoms with Crippen LogP contribution in [0.3, 0.4) is 0 Å². The molecule has 1 heterocycles. The SMILES string of the molecule is Cn1c(=O)n(C)c2cc(N/N=C3/CCCCCC3=O)ccc21. The van der Waals surface area contributed by atoms with Crippen molar-refractivity contribution in [2.45, 2.75) is 32.1 Å². The summed E-state index contributed by atoms with van der Waals surface area (Å²) >= 11 is 0. The van der Waals surface area contributed by atoms with E-state index in [0.29, 0.717) is 12.1 Å². The molecular weight excluding hydrogens is 280 g/mol. The quantitative estimate of drug-likeness (QED) is 0.682. The van der Waals surface area contributed by atoms with Gasteiger partial charge in [0.25, 0.3) is 0 Å². The fourth-order valence-corrected chi connectivity index (χ4v) is 2.87. The molecule has 3 rings (SSSR count). The molecule has 1 aromatic carbocycles. The van der Waals surface area contributed by atoms with Crippen molar-refractivity contribution in [3.05, 3.63) is 28.7 Å². The van der Waals surface area contributed by atoms with Crippen molar-refractivity contribution in [1.82, 2.24) is 9.13 Å². The normalized spacial score (nSPS) is 17.9. The molecule has 22 heavy (non-hydrogen) atoms. The van der Waals surface area contributed by atoms with Crippen LogP contribution in [0.15, 0.2) is 28.1 Å². The Morgan fingerprint density at radius 1 is 1.00 bits per heavy atom. The van der Waals surface area contributed by atoms with E-state index in [1.165, 1.54) is 0 Å². The van der Waals surface area contributed by atoms with Crippen LogP contribution in [0.25, 0.3) is 11.0 Å². The van der Waals surface area contributed by atoms with Crippen LogP contribution in [0.1, 0.15) is 32.1 Å². The Morgan fingerprint density at radius 3 is 2.55 bits per heavy atom. The van der Waals surface area contributed by atoms with Crippen LogP contribution in [0, 0.1) is 0 Å². The Morgan fingerprint density at radius 2 is 1.73 bits per heavy atom. The predicted octanol–water partition coefficient (Wildman–Crippen LogP) is 2.18. The van der Waals surface area contributed by atoms with Crippen molar-refractivity contribution >= 4 is 28.2 Å². The maximum atomic E-state index is 11.9. The minimum Gasteiger partial charge on any atom is -0.295 e. The molecule has 0 saturated heterocycles. The van der Waals surface area contributed by atoms with Crippen molar-refractivity contribution in [3.8, 4) is 0 Å². The van der Waals surface area contributed by atoms with Crippen LogP contribution in [0.2, 0.25) is 0 Å². The topological polar surface area (TPSA) is 68.4 Å². The molecule has 6 nitrogen and oxygen atoms in total. The monoisotopic (exact) mass is 300 g/mol. The zero-order chi connectivity index (χ0) is 15.7. The largest absolute Gasteiger partial charge is 0.328 e. The van der Waals surface area contributed by atoms with E-state index in [1.54, 1.807) is 23.2 Å². The van der Waals surface area contributed by atoms with E-state index in [2.05, 4.69) is 10.5 Å². The summed E-state index contributed by atoms with van der Waals surface area (Å²) in [7, 11) is 3.50. The Hall–Kier alpha value is -2.37. The summed E-state index contributed by atoms with van der Waals surface area (Å²) in [5, 5.41) is 4.28. The van der Waals surface area contributed by atoms with Crippen LogP contribution in [-0.2, 0) is 18.9 Å². The number of carbonyl (C=O) groups excluding carboxylic acids is 1. The summed E-state index contributed by atoms with van der Waals surface area (Å²) < 4.78 is 3.21. The van der Waals surface area contributed by atoms with Crippen molar-refractivity contribution < 1.29 is 4.79 Å². The van der Waals surface area contributed by atoms with Crippen molar-refractivity contribution in [2.75, 3.05) is 5.43 Å². The number of hydrogen-bond donors (Lipinski definition) is 1. The first-order valence-electron chi connectivity index (χ1n) is 7.59. The number of nitrogens with zero attached hydrogens (tertiary/aromatic N) is 3. The second kappa shape index (κ2) is 5.79. The highest BCUT2D eigenvalue weighted by Gasteiger charge is 2.15. The molecule has 116 valence electrons. The summed E-state index contributed by atoms with van der Waals surface area (Å²) in [6.45, 7) is 0. The summed E-state index contributed by atoms with van der Waals surface area (Å²) in [5.41, 5.74) is 6.02. The molecule has 0 aliphatic heterocycles. The van der Waals surface area contributed by atoms with Gasteiger partial charge in [0.1, 0.15) is 5.71 Å². The Labute approximate surface area is 128 Å². The number of aryl methyl sites for hydroxylation is 2. The molecule has 1 saturated carbocycles. The first kappa shape index (κ1) is 14.6. The van der Waals surface area contributed by atoms with Gasteiger partial charge in [-0.3, -0.25) is 19.4 Å². The van der Waals surface area contributed by atoms with Gasteiger partial charge in [-0.05, 0) is 37.5 Å². The first-order valence-corrected chi connectivity index (χ1v) is 7.59. The van der Waals surface area contributed by atoms with Gasteiger partial charge in [-0.25, -0.2) is 4.79 Å². The summed E-state index contributed by atoms with van der Waals surface area (Å²) in [6.07, 6.45) is 4.38. The van der Waals surface area contributed by atoms with Crippen LogP contribution in [-0.4, -0.2) is 20.6 Å². The maximum absolute atomic E-state index is 11.9. The lowest BCUT2D eigenvalue weighted by atomic mass is 10.1. The molecule has 1 aliphatic carbocycles. The number of imidazole rings is 1. The number of hydrazone groups is 1. The molecule has 0 bridgehead atoms. The van der Waals surface area contributed by atoms with E-state index in [4.69, 9.17) is 0 Å². The maximum Gasteiger partial charge on any atom is 0.328 e. The average molecular weight is 300 g/mol. The molecule has 6 heteroatoms. The van der Waals surface area contributed by atoms with Crippen LogP contribution in [0.5, 0.6) is 0 Å². The fraction of sp³-hybridized carbons (Fsp3) is 0.438. The van der Waals surface area contributed by atoms with Gasteiger partial charge in [0, 0.05) is 20.5 Å². The Balaban J connectivity index is 1.89. The summed E-state index contributed by atoms with van der Waals surface area (Å²) in [4.78, 5) is 23.8. The minimum atomic E-state index is -0.0580. The first-order chi connectivity index (χ1) is 10.6. The molecule has 0 spiro atoms. The molecule has 0 radical (unpaired) electrons. The van der Waals surface area contributed by atoms with Gasteiger partial charge in [-0.2, -0.15) is 5.10 Å². The van der Waals surface area contributed by atoms with E-state index < -0.39 is 0 Å². The molecule has 0 amide bonds.